The molecule has 4 heteroatoms. The second-order valence-electron chi connectivity index (χ2n) is 7.45. The molecule has 0 saturated heterocycles. The Morgan fingerprint density at radius 3 is 2.29 bits per heavy atom. The van der Waals surface area contributed by atoms with Crippen LogP contribution < -0.4 is 9.16 Å². The molecular formula is C20H26O3Si. The molecule has 3 nitrogen and oxygen atoms in total. The molecule has 0 spiro atoms. The number of aldehydes is 1. The van der Waals surface area contributed by atoms with Gasteiger partial charge in [0.15, 0.2) is 6.29 Å². The van der Waals surface area contributed by atoms with Gasteiger partial charge in [-0.15, -0.1) is 0 Å². The maximum absolute atomic E-state index is 11.4. The number of hydrogen-bond acceptors (Lipinski definition) is 3. The van der Waals surface area contributed by atoms with Gasteiger partial charge in [0, 0.05) is 0 Å². The van der Waals surface area contributed by atoms with E-state index in [1.807, 2.05) is 42.5 Å². The third kappa shape index (κ3) is 4.48. The molecule has 0 heterocycles. The SMILES string of the molecule is CC(C)(C)[Si](C)(C)Oc1ccc(OCc2ccccc2)c(C=O)c1. The lowest BCUT2D eigenvalue weighted by atomic mass is 10.2. The highest BCUT2D eigenvalue weighted by Gasteiger charge is 2.39. The number of ether oxygens (including phenoxy) is 1. The normalized spacial score (nSPS) is 11.9. The Morgan fingerprint density at radius 1 is 1.04 bits per heavy atom. The van der Waals surface area contributed by atoms with Gasteiger partial charge < -0.3 is 9.16 Å². The molecule has 2 rings (SSSR count). The first-order valence-corrected chi connectivity index (χ1v) is 11.1. The Balaban J connectivity index is 2.14. The predicted octanol–water partition coefficient (Wildman–Crippen LogP) is 5.46. The molecule has 2 aromatic rings. The fraction of sp³-hybridized carbons (Fsp3) is 0.350. The highest BCUT2D eigenvalue weighted by atomic mass is 28.4. The summed E-state index contributed by atoms with van der Waals surface area (Å²) in [6.07, 6.45) is 0.818. The zero-order valence-corrected chi connectivity index (χ0v) is 16.1. The van der Waals surface area contributed by atoms with E-state index < -0.39 is 8.32 Å². The van der Waals surface area contributed by atoms with Crippen molar-refractivity contribution in [3.05, 3.63) is 59.7 Å². The van der Waals surface area contributed by atoms with Crippen molar-refractivity contribution in [2.24, 2.45) is 0 Å². The zero-order chi connectivity index (χ0) is 17.8. The number of rotatable bonds is 6. The van der Waals surface area contributed by atoms with Crippen LogP contribution >= 0.6 is 0 Å². The lowest BCUT2D eigenvalue weighted by molar-refractivity contribution is 0.111. The van der Waals surface area contributed by atoms with E-state index in [0.717, 1.165) is 17.6 Å². The van der Waals surface area contributed by atoms with Crippen molar-refractivity contribution in [1.82, 2.24) is 0 Å². The summed E-state index contributed by atoms with van der Waals surface area (Å²) in [5.74, 6) is 1.31. The summed E-state index contributed by atoms with van der Waals surface area (Å²) in [7, 11) is -1.93. The molecule has 0 N–H and O–H groups in total. The molecule has 0 radical (unpaired) electrons. The molecule has 0 aromatic heterocycles. The van der Waals surface area contributed by atoms with Gasteiger partial charge in [0.25, 0.3) is 0 Å². The highest BCUT2D eigenvalue weighted by Crippen LogP contribution is 2.38. The van der Waals surface area contributed by atoms with Gasteiger partial charge >= 0.3 is 0 Å². The topological polar surface area (TPSA) is 35.5 Å². The molecule has 0 atom stereocenters. The summed E-state index contributed by atoms with van der Waals surface area (Å²) >= 11 is 0. The van der Waals surface area contributed by atoms with Gasteiger partial charge in [-0.05, 0) is 41.9 Å². The molecule has 0 fully saturated rings. The molecular weight excluding hydrogens is 316 g/mol. The molecule has 0 bridgehead atoms. The van der Waals surface area contributed by atoms with Crippen LogP contribution in [0.25, 0.3) is 0 Å². The van der Waals surface area contributed by atoms with Gasteiger partial charge in [0.1, 0.15) is 18.1 Å². The minimum Gasteiger partial charge on any atom is -0.543 e. The average molecular weight is 343 g/mol. The third-order valence-corrected chi connectivity index (χ3v) is 8.88. The van der Waals surface area contributed by atoms with E-state index in [4.69, 9.17) is 9.16 Å². The van der Waals surface area contributed by atoms with Crippen LogP contribution in [0.5, 0.6) is 11.5 Å². The average Bonchev–Trinajstić information content (AvgIpc) is 2.53. The van der Waals surface area contributed by atoms with Gasteiger partial charge in [-0.25, -0.2) is 0 Å². The first-order valence-electron chi connectivity index (χ1n) is 8.18. The summed E-state index contributed by atoms with van der Waals surface area (Å²) in [6.45, 7) is 11.4. The van der Waals surface area contributed by atoms with Crippen LogP contribution in [-0.2, 0) is 6.61 Å². The maximum atomic E-state index is 11.4. The molecule has 0 saturated carbocycles. The van der Waals surface area contributed by atoms with Crippen molar-refractivity contribution < 1.29 is 14.0 Å². The van der Waals surface area contributed by atoms with Crippen LogP contribution in [0.15, 0.2) is 48.5 Å². The second kappa shape index (κ2) is 7.22. The summed E-state index contributed by atoms with van der Waals surface area (Å²) in [5, 5.41) is 0.108. The van der Waals surface area contributed by atoms with Crippen LogP contribution in [0, 0.1) is 0 Å². The summed E-state index contributed by atoms with van der Waals surface area (Å²) in [5.41, 5.74) is 1.58. The molecule has 0 unspecified atom stereocenters. The molecule has 0 aliphatic heterocycles. The van der Waals surface area contributed by atoms with Crippen molar-refractivity contribution in [1.29, 1.82) is 0 Å². The fourth-order valence-electron chi connectivity index (χ4n) is 2.00. The van der Waals surface area contributed by atoms with Gasteiger partial charge in [0.2, 0.25) is 8.32 Å². The fourth-order valence-corrected chi connectivity index (χ4v) is 3.02. The van der Waals surface area contributed by atoms with Crippen LogP contribution in [0.2, 0.25) is 18.1 Å². The first kappa shape index (κ1) is 18.3. The molecule has 24 heavy (non-hydrogen) atoms. The Kier molecular flexibility index (Phi) is 5.50. The van der Waals surface area contributed by atoms with Crippen LogP contribution in [-0.4, -0.2) is 14.6 Å². The Hall–Kier alpha value is -2.07. The molecule has 128 valence electrons. The van der Waals surface area contributed by atoms with Crippen LogP contribution in [0.3, 0.4) is 0 Å². The minimum absolute atomic E-state index is 0.108. The predicted molar refractivity (Wildman–Crippen MR) is 100 cm³/mol. The van der Waals surface area contributed by atoms with Crippen LogP contribution in [0.4, 0.5) is 0 Å². The van der Waals surface area contributed by atoms with Gasteiger partial charge in [-0.2, -0.15) is 0 Å². The number of benzene rings is 2. The van der Waals surface area contributed by atoms with Crippen LogP contribution in [0.1, 0.15) is 36.7 Å². The molecule has 0 aliphatic rings. The largest absolute Gasteiger partial charge is 0.543 e. The minimum atomic E-state index is -1.93. The standard InChI is InChI=1S/C20H26O3Si/c1-20(2,3)24(4,5)23-18-11-12-19(17(13-18)14-21)22-15-16-9-7-6-8-10-16/h6-14H,15H2,1-5H3. The van der Waals surface area contributed by atoms with E-state index >= 15 is 0 Å². The highest BCUT2D eigenvalue weighted by molar-refractivity contribution is 6.74. The van der Waals surface area contributed by atoms with Crippen molar-refractivity contribution in [2.45, 2.75) is 45.5 Å². The smallest absolute Gasteiger partial charge is 0.250 e. The van der Waals surface area contributed by atoms with Crippen molar-refractivity contribution in [3.63, 3.8) is 0 Å². The van der Waals surface area contributed by atoms with Crippen molar-refractivity contribution in [2.75, 3.05) is 0 Å². The van der Waals surface area contributed by atoms with Crippen molar-refractivity contribution in [3.8, 4) is 11.5 Å². The van der Waals surface area contributed by atoms with E-state index in [-0.39, 0.29) is 5.04 Å². The van der Waals surface area contributed by atoms with E-state index in [2.05, 4.69) is 33.9 Å². The maximum Gasteiger partial charge on any atom is 0.250 e. The summed E-state index contributed by atoms with van der Waals surface area (Å²) in [6, 6.07) is 15.4. The van der Waals surface area contributed by atoms with E-state index in [9.17, 15) is 4.79 Å². The van der Waals surface area contributed by atoms with E-state index in [0.29, 0.717) is 17.9 Å². The van der Waals surface area contributed by atoms with E-state index in [1.54, 1.807) is 6.07 Å². The van der Waals surface area contributed by atoms with Gasteiger partial charge in [-0.3, -0.25) is 4.79 Å². The molecule has 0 amide bonds. The van der Waals surface area contributed by atoms with E-state index in [1.165, 1.54) is 0 Å². The Bertz CT molecular complexity index is 688. The van der Waals surface area contributed by atoms with Gasteiger partial charge in [0.05, 0.1) is 5.56 Å². The lowest BCUT2D eigenvalue weighted by Gasteiger charge is -2.36. The number of hydrogen-bond donors (Lipinski definition) is 0. The Labute approximate surface area is 145 Å². The molecule has 2 aromatic carbocycles. The zero-order valence-electron chi connectivity index (χ0n) is 15.1. The monoisotopic (exact) mass is 342 g/mol. The lowest BCUT2D eigenvalue weighted by Crippen LogP contribution is -2.43. The Morgan fingerprint density at radius 2 is 1.71 bits per heavy atom. The number of carbonyl (C=O) groups is 1. The van der Waals surface area contributed by atoms with Gasteiger partial charge in [-0.1, -0.05) is 51.1 Å². The number of carbonyl (C=O) groups excluding carboxylic acids is 1. The first-order chi connectivity index (χ1) is 11.2. The molecule has 0 aliphatic carbocycles. The third-order valence-electron chi connectivity index (χ3n) is 4.52. The summed E-state index contributed by atoms with van der Waals surface area (Å²) < 4.78 is 12.0. The second-order valence-corrected chi connectivity index (χ2v) is 12.2. The quantitative estimate of drug-likeness (QED) is 0.516. The summed E-state index contributed by atoms with van der Waals surface area (Å²) in [4.78, 5) is 11.4. The van der Waals surface area contributed by atoms with Crippen molar-refractivity contribution >= 4 is 14.6 Å².